The number of rotatable bonds is 8. The third-order valence-corrected chi connectivity index (χ3v) is 5.05. The molecular weight excluding hydrogens is 342 g/mol. The molecule has 0 saturated heterocycles. The van der Waals surface area contributed by atoms with Crippen LogP contribution in [0, 0.1) is 0 Å². The second-order valence-corrected chi connectivity index (χ2v) is 6.99. The first-order valence-corrected chi connectivity index (χ1v) is 9.65. The maximum atomic E-state index is 11.7. The molecule has 0 atom stereocenters. The van der Waals surface area contributed by atoms with E-state index >= 15 is 0 Å². The number of carbonyl (C=O) groups is 1. The molecule has 2 heterocycles. The van der Waals surface area contributed by atoms with E-state index in [1.807, 2.05) is 23.7 Å². The smallest absolute Gasteiger partial charge is 0.307 e. The van der Waals surface area contributed by atoms with Crippen LogP contribution in [-0.2, 0) is 41.9 Å². The topological polar surface area (TPSA) is 56.6 Å². The summed E-state index contributed by atoms with van der Waals surface area (Å²) in [5.74, 6) is 0.718. The highest BCUT2D eigenvalue weighted by molar-refractivity contribution is 5.69. The first kappa shape index (κ1) is 19.4. The van der Waals surface area contributed by atoms with Crippen molar-refractivity contribution in [1.82, 2.24) is 14.7 Å². The minimum atomic E-state index is -0.158. The van der Waals surface area contributed by atoms with Crippen molar-refractivity contribution >= 4 is 5.97 Å². The van der Waals surface area contributed by atoms with Crippen molar-refractivity contribution in [2.75, 3.05) is 27.3 Å². The average molecular weight is 371 g/mol. The Morgan fingerprint density at radius 3 is 2.70 bits per heavy atom. The number of ether oxygens (including phenoxy) is 2. The molecule has 1 aromatic carbocycles. The van der Waals surface area contributed by atoms with Gasteiger partial charge in [-0.3, -0.25) is 9.48 Å². The molecule has 0 bridgehead atoms. The number of hydrogen-bond donors (Lipinski definition) is 0. The van der Waals surface area contributed by atoms with Crippen molar-refractivity contribution in [3.05, 3.63) is 46.8 Å². The Kier molecular flexibility index (Phi) is 6.50. The molecule has 27 heavy (non-hydrogen) atoms. The van der Waals surface area contributed by atoms with Crippen LogP contribution in [0.4, 0.5) is 0 Å². The lowest BCUT2D eigenvalue weighted by Crippen LogP contribution is -2.28. The molecule has 0 fully saturated rings. The monoisotopic (exact) mass is 371 g/mol. The molecule has 1 aliphatic rings. The van der Waals surface area contributed by atoms with E-state index in [1.165, 1.54) is 16.8 Å². The fourth-order valence-corrected chi connectivity index (χ4v) is 3.57. The van der Waals surface area contributed by atoms with E-state index in [4.69, 9.17) is 14.6 Å². The Morgan fingerprint density at radius 2 is 2.00 bits per heavy atom. The number of benzene rings is 1. The lowest BCUT2D eigenvalue weighted by molar-refractivity contribution is -0.143. The van der Waals surface area contributed by atoms with E-state index in [0.717, 1.165) is 43.8 Å². The highest BCUT2D eigenvalue weighted by Gasteiger charge is 2.23. The predicted molar refractivity (Wildman–Crippen MR) is 104 cm³/mol. The number of carbonyl (C=O) groups excluding carboxylic acids is 1. The SMILES string of the molecule is CCOC(=O)CCn1nc(CCc2ccc(OC)cc2)c2c1CCN(C)C2. The lowest BCUT2D eigenvalue weighted by Gasteiger charge is -2.23. The van der Waals surface area contributed by atoms with Gasteiger partial charge in [0.2, 0.25) is 0 Å². The maximum absolute atomic E-state index is 11.7. The van der Waals surface area contributed by atoms with Crippen molar-refractivity contribution in [1.29, 1.82) is 0 Å². The van der Waals surface area contributed by atoms with E-state index < -0.39 is 0 Å². The van der Waals surface area contributed by atoms with Gasteiger partial charge in [-0.15, -0.1) is 0 Å². The van der Waals surface area contributed by atoms with E-state index in [9.17, 15) is 4.79 Å². The second-order valence-electron chi connectivity index (χ2n) is 6.99. The summed E-state index contributed by atoms with van der Waals surface area (Å²) in [6, 6.07) is 8.21. The summed E-state index contributed by atoms with van der Waals surface area (Å²) in [5.41, 5.74) is 5.04. The molecule has 0 amide bonds. The number of esters is 1. The molecule has 6 nitrogen and oxygen atoms in total. The van der Waals surface area contributed by atoms with Gasteiger partial charge in [0.15, 0.2) is 0 Å². The van der Waals surface area contributed by atoms with Gasteiger partial charge in [-0.2, -0.15) is 5.10 Å². The first-order chi connectivity index (χ1) is 13.1. The number of nitrogens with zero attached hydrogens (tertiary/aromatic N) is 3. The number of likely N-dealkylation sites (N-methyl/N-ethyl adjacent to an activating group) is 1. The van der Waals surface area contributed by atoms with Crippen LogP contribution in [0.25, 0.3) is 0 Å². The van der Waals surface area contributed by atoms with Crippen molar-refractivity contribution in [3.63, 3.8) is 0 Å². The van der Waals surface area contributed by atoms with Crippen molar-refractivity contribution in [3.8, 4) is 5.75 Å². The van der Waals surface area contributed by atoms with E-state index in [1.54, 1.807) is 7.11 Å². The van der Waals surface area contributed by atoms with Crippen LogP contribution in [0.2, 0.25) is 0 Å². The zero-order valence-electron chi connectivity index (χ0n) is 16.5. The third kappa shape index (κ3) is 4.89. The Morgan fingerprint density at radius 1 is 1.22 bits per heavy atom. The van der Waals surface area contributed by atoms with Crippen molar-refractivity contribution in [2.45, 2.75) is 45.7 Å². The Bertz CT molecular complexity index is 768. The molecule has 0 spiro atoms. The maximum Gasteiger partial charge on any atom is 0.307 e. The van der Waals surface area contributed by atoms with Gasteiger partial charge < -0.3 is 14.4 Å². The summed E-state index contributed by atoms with van der Waals surface area (Å²) >= 11 is 0. The summed E-state index contributed by atoms with van der Waals surface area (Å²) in [4.78, 5) is 14.1. The molecule has 0 unspecified atom stereocenters. The molecule has 146 valence electrons. The van der Waals surface area contributed by atoms with E-state index in [-0.39, 0.29) is 5.97 Å². The lowest BCUT2D eigenvalue weighted by atomic mass is 10.0. The molecule has 0 N–H and O–H groups in total. The fraction of sp³-hybridized carbons (Fsp3) is 0.524. The fourth-order valence-electron chi connectivity index (χ4n) is 3.57. The largest absolute Gasteiger partial charge is 0.497 e. The molecule has 3 rings (SSSR count). The number of fused-ring (bicyclic) bond motifs is 1. The van der Waals surface area contributed by atoms with Crippen LogP contribution < -0.4 is 4.74 Å². The van der Waals surface area contributed by atoms with Crippen LogP contribution in [0.15, 0.2) is 24.3 Å². The molecule has 2 aromatic rings. The molecular formula is C21H29N3O3. The van der Waals surface area contributed by atoms with Crippen LogP contribution in [0.1, 0.15) is 35.9 Å². The summed E-state index contributed by atoms with van der Waals surface area (Å²) in [5, 5.41) is 4.86. The molecule has 0 aliphatic carbocycles. The number of methoxy groups -OCH3 is 1. The van der Waals surface area contributed by atoms with Gasteiger partial charge in [0.1, 0.15) is 5.75 Å². The minimum Gasteiger partial charge on any atom is -0.497 e. The van der Waals surface area contributed by atoms with Gasteiger partial charge in [0.05, 0.1) is 32.4 Å². The summed E-state index contributed by atoms with van der Waals surface area (Å²) in [7, 11) is 3.83. The van der Waals surface area contributed by atoms with Gasteiger partial charge >= 0.3 is 5.97 Å². The van der Waals surface area contributed by atoms with Crippen molar-refractivity contribution in [2.24, 2.45) is 0 Å². The van der Waals surface area contributed by atoms with Gasteiger partial charge in [-0.25, -0.2) is 0 Å². The van der Waals surface area contributed by atoms with Crippen molar-refractivity contribution < 1.29 is 14.3 Å². The Labute approximate surface area is 161 Å². The first-order valence-electron chi connectivity index (χ1n) is 9.65. The van der Waals surface area contributed by atoms with E-state index in [2.05, 4.69) is 24.1 Å². The van der Waals surface area contributed by atoms with Gasteiger partial charge in [-0.05, 0) is 44.5 Å². The molecule has 6 heteroatoms. The average Bonchev–Trinajstić information content (AvgIpc) is 3.02. The minimum absolute atomic E-state index is 0.158. The molecule has 0 radical (unpaired) electrons. The van der Waals surface area contributed by atoms with Crippen LogP contribution in [0.3, 0.4) is 0 Å². The highest BCUT2D eigenvalue weighted by Crippen LogP contribution is 2.24. The predicted octanol–water partition coefficient (Wildman–Crippen LogP) is 2.62. The molecule has 1 aliphatic heterocycles. The number of hydrogen-bond acceptors (Lipinski definition) is 5. The second kappa shape index (κ2) is 9.04. The van der Waals surface area contributed by atoms with Crippen LogP contribution in [0.5, 0.6) is 5.75 Å². The van der Waals surface area contributed by atoms with Crippen LogP contribution >= 0.6 is 0 Å². The van der Waals surface area contributed by atoms with Gasteiger partial charge in [0.25, 0.3) is 0 Å². The third-order valence-electron chi connectivity index (χ3n) is 5.05. The number of aromatic nitrogens is 2. The Hall–Kier alpha value is -2.34. The molecule has 1 aromatic heterocycles. The number of aryl methyl sites for hydroxylation is 3. The highest BCUT2D eigenvalue weighted by atomic mass is 16.5. The zero-order valence-corrected chi connectivity index (χ0v) is 16.5. The zero-order chi connectivity index (χ0) is 19.2. The van der Waals surface area contributed by atoms with E-state index in [0.29, 0.717) is 19.6 Å². The standard InChI is InChI=1S/C21H29N3O3/c1-4-27-21(25)12-14-24-20-11-13-23(2)15-18(20)19(22-24)10-7-16-5-8-17(26-3)9-6-16/h5-6,8-9H,4,7,10-15H2,1-3H3. The normalized spacial score (nSPS) is 14.0. The quantitative estimate of drug-likeness (QED) is 0.668. The summed E-state index contributed by atoms with van der Waals surface area (Å²) in [6.45, 7) is 4.80. The summed E-state index contributed by atoms with van der Waals surface area (Å²) < 4.78 is 12.3. The van der Waals surface area contributed by atoms with Crippen LogP contribution in [-0.4, -0.2) is 48.0 Å². The Balaban J connectivity index is 1.72. The van der Waals surface area contributed by atoms with Gasteiger partial charge in [0, 0.05) is 30.8 Å². The summed E-state index contributed by atoms with van der Waals surface area (Å²) in [6.07, 6.45) is 3.18. The molecule has 0 saturated carbocycles. The van der Waals surface area contributed by atoms with Gasteiger partial charge in [-0.1, -0.05) is 12.1 Å².